The number of halogens is 1. The van der Waals surface area contributed by atoms with Crippen molar-refractivity contribution in [1.29, 1.82) is 0 Å². The molecule has 8 heteroatoms. The van der Waals surface area contributed by atoms with Crippen molar-refractivity contribution in [2.24, 2.45) is 5.41 Å². The first-order chi connectivity index (χ1) is 17.1. The van der Waals surface area contributed by atoms with E-state index in [1.54, 1.807) is 11.1 Å². The SMILES string of the molecule is Clc1ccc2ncc(Sc3ccc4nc(N5CCC6(CC5)Cc5ccccc5C6)cnc4n3)n2c1. The molecule has 0 bridgehead atoms. The Hall–Kier alpha value is -3.16. The molecule has 2 aliphatic rings. The van der Waals surface area contributed by atoms with Crippen molar-refractivity contribution in [2.45, 2.75) is 35.7 Å². The maximum absolute atomic E-state index is 6.17. The number of pyridine rings is 2. The van der Waals surface area contributed by atoms with E-state index in [1.807, 2.05) is 47.3 Å². The summed E-state index contributed by atoms with van der Waals surface area (Å²) in [5.74, 6) is 0.946. The summed E-state index contributed by atoms with van der Waals surface area (Å²) in [6.07, 6.45) is 10.4. The number of hydrogen-bond acceptors (Lipinski definition) is 6. The van der Waals surface area contributed by atoms with E-state index in [-0.39, 0.29) is 0 Å². The van der Waals surface area contributed by atoms with E-state index in [4.69, 9.17) is 21.6 Å². The van der Waals surface area contributed by atoms with Crippen LogP contribution in [0.4, 0.5) is 5.82 Å². The molecule has 1 fully saturated rings. The summed E-state index contributed by atoms with van der Waals surface area (Å²) in [5, 5.41) is 2.47. The smallest absolute Gasteiger partial charge is 0.179 e. The molecule has 0 saturated carbocycles. The molecule has 4 aromatic heterocycles. The van der Waals surface area contributed by atoms with Crippen molar-refractivity contribution in [2.75, 3.05) is 18.0 Å². The fourth-order valence-corrected chi connectivity index (χ4v) is 6.53. The van der Waals surface area contributed by atoms with Crippen LogP contribution in [-0.4, -0.2) is 37.4 Å². The van der Waals surface area contributed by atoms with Gasteiger partial charge in [0.2, 0.25) is 0 Å². The number of fused-ring (bicyclic) bond motifs is 3. The van der Waals surface area contributed by atoms with E-state index < -0.39 is 0 Å². The Kier molecular flexibility index (Phi) is 4.96. The van der Waals surface area contributed by atoms with Gasteiger partial charge >= 0.3 is 0 Å². The van der Waals surface area contributed by atoms with Crippen molar-refractivity contribution in [1.82, 2.24) is 24.3 Å². The monoisotopic (exact) mass is 498 g/mol. The van der Waals surface area contributed by atoms with Gasteiger partial charge in [-0.1, -0.05) is 35.9 Å². The largest absolute Gasteiger partial charge is 0.355 e. The van der Waals surface area contributed by atoms with Gasteiger partial charge in [0.15, 0.2) is 5.65 Å². The lowest BCUT2D eigenvalue weighted by Crippen LogP contribution is -2.41. The van der Waals surface area contributed by atoms with Gasteiger partial charge in [-0.3, -0.25) is 4.40 Å². The highest BCUT2D eigenvalue weighted by molar-refractivity contribution is 7.99. The summed E-state index contributed by atoms with van der Waals surface area (Å²) < 4.78 is 1.97. The third-order valence-corrected chi connectivity index (χ3v) is 8.58. The molecule has 1 aliphatic heterocycles. The molecule has 0 radical (unpaired) electrons. The molecule has 5 heterocycles. The highest BCUT2D eigenvalue weighted by atomic mass is 35.5. The molecule has 1 spiro atoms. The highest BCUT2D eigenvalue weighted by Crippen LogP contribution is 2.45. The third kappa shape index (κ3) is 3.83. The van der Waals surface area contributed by atoms with E-state index in [0.29, 0.717) is 16.1 Å². The van der Waals surface area contributed by atoms with Gasteiger partial charge in [-0.25, -0.2) is 19.9 Å². The summed E-state index contributed by atoms with van der Waals surface area (Å²) in [5.41, 5.74) is 5.83. The summed E-state index contributed by atoms with van der Waals surface area (Å²) in [4.78, 5) is 21.1. The third-order valence-electron chi connectivity index (χ3n) is 7.41. The van der Waals surface area contributed by atoms with Crippen LogP contribution in [0.3, 0.4) is 0 Å². The number of nitrogens with zero attached hydrogens (tertiary/aromatic N) is 6. The quantitative estimate of drug-likeness (QED) is 0.310. The molecule has 174 valence electrons. The van der Waals surface area contributed by atoms with Gasteiger partial charge in [0, 0.05) is 19.3 Å². The zero-order valence-corrected chi connectivity index (χ0v) is 20.6. The van der Waals surface area contributed by atoms with Gasteiger partial charge in [-0.05, 0) is 78.3 Å². The Morgan fingerprint density at radius 3 is 2.46 bits per heavy atom. The predicted octanol–water partition coefficient (Wildman–Crippen LogP) is 5.86. The topological polar surface area (TPSA) is 59.2 Å². The minimum Gasteiger partial charge on any atom is -0.355 e. The zero-order valence-electron chi connectivity index (χ0n) is 19.1. The number of rotatable bonds is 3. The highest BCUT2D eigenvalue weighted by Gasteiger charge is 2.39. The number of hydrogen-bond donors (Lipinski definition) is 0. The van der Waals surface area contributed by atoms with E-state index in [1.165, 1.54) is 37.4 Å². The molecular weight excluding hydrogens is 476 g/mol. The Bertz CT molecular complexity index is 1550. The van der Waals surface area contributed by atoms with Crippen LogP contribution in [0.2, 0.25) is 5.02 Å². The minimum absolute atomic E-state index is 0.417. The van der Waals surface area contributed by atoms with Crippen molar-refractivity contribution in [3.8, 4) is 0 Å². The molecular formula is C27H23ClN6S. The van der Waals surface area contributed by atoms with Gasteiger partial charge in [0.1, 0.15) is 27.0 Å². The van der Waals surface area contributed by atoms with Crippen molar-refractivity contribution < 1.29 is 0 Å². The molecule has 35 heavy (non-hydrogen) atoms. The van der Waals surface area contributed by atoms with E-state index in [0.717, 1.165) is 40.1 Å². The average molecular weight is 499 g/mol. The van der Waals surface area contributed by atoms with Crippen molar-refractivity contribution in [3.63, 3.8) is 0 Å². The molecule has 0 N–H and O–H groups in total. The van der Waals surface area contributed by atoms with Crippen molar-refractivity contribution in [3.05, 3.63) is 83.3 Å². The van der Waals surface area contributed by atoms with Crippen LogP contribution in [-0.2, 0) is 12.8 Å². The Morgan fingerprint density at radius 1 is 0.857 bits per heavy atom. The average Bonchev–Trinajstić information content (AvgIpc) is 3.44. The van der Waals surface area contributed by atoms with Crippen LogP contribution in [0.15, 0.2) is 77.2 Å². The van der Waals surface area contributed by atoms with Gasteiger partial charge in [0.25, 0.3) is 0 Å². The standard InChI is InChI=1S/C27H23ClN6S/c28-20-5-7-22-29-16-25(34(22)17-20)35-24-8-6-21-26(32-24)30-15-23(31-21)33-11-9-27(10-12-33)13-18-3-1-2-4-19(18)14-27/h1-8,15-17H,9-14H2. The lowest BCUT2D eigenvalue weighted by atomic mass is 9.76. The van der Waals surface area contributed by atoms with Crippen LogP contribution in [0.1, 0.15) is 24.0 Å². The van der Waals surface area contributed by atoms with Crippen LogP contribution in [0, 0.1) is 5.41 Å². The maximum Gasteiger partial charge on any atom is 0.179 e. The Balaban J connectivity index is 1.08. The Labute approximate surface area is 212 Å². The summed E-state index contributed by atoms with van der Waals surface area (Å²) >= 11 is 7.71. The minimum atomic E-state index is 0.417. The molecule has 7 rings (SSSR count). The lowest BCUT2D eigenvalue weighted by molar-refractivity contribution is 0.232. The van der Waals surface area contributed by atoms with E-state index in [2.05, 4.69) is 39.1 Å². The first-order valence-electron chi connectivity index (χ1n) is 11.9. The number of imidazole rings is 1. The van der Waals surface area contributed by atoms with Gasteiger partial charge in [0.05, 0.1) is 17.4 Å². The van der Waals surface area contributed by atoms with E-state index in [9.17, 15) is 0 Å². The number of benzene rings is 1. The van der Waals surface area contributed by atoms with Crippen molar-refractivity contribution >= 4 is 46.0 Å². The normalized spacial score (nSPS) is 16.9. The molecule has 0 atom stereocenters. The van der Waals surface area contributed by atoms with Crippen LogP contribution < -0.4 is 4.90 Å². The zero-order chi connectivity index (χ0) is 23.4. The molecule has 6 nitrogen and oxygen atoms in total. The lowest BCUT2D eigenvalue weighted by Gasteiger charge is -2.39. The Morgan fingerprint density at radius 2 is 1.66 bits per heavy atom. The summed E-state index contributed by atoms with van der Waals surface area (Å²) in [6, 6.07) is 16.7. The van der Waals surface area contributed by atoms with Gasteiger partial charge in [-0.15, -0.1) is 0 Å². The molecule has 5 aromatic rings. The molecule has 1 aliphatic carbocycles. The molecule has 0 unspecified atom stereocenters. The second-order valence-corrected chi connectivity index (χ2v) is 11.1. The number of anilines is 1. The van der Waals surface area contributed by atoms with Crippen LogP contribution in [0.25, 0.3) is 16.8 Å². The maximum atomic E-state index is 6.17. The first-order valence-corrected chi connectivity index (χ1v) is 13.1. The molecule has 1 saturated heterocycles. The number of aromatic nitrogens is 5. The fraction of sp³-hybridized carbons (Fsp3) is 0.259. The van der Waals surface area contributed by atoms with Gasteiger partial charge in [-0.2, -0.15) is 0 Å². The predicted molar refractivity (Wildman–Crippen MR) is 139 cm³/mol. The van der Waals surface area contributed by atoms with Gasteiger partial charge < -0.3 is 4.90 Å². The molecule has 1 aromatic carbocycles. The number of piperidine rings is 1. The summed E-state index contributed by atoms with van der Waals surface area (Å²) in [7, 11) is 0. The second-order valence-electron chi connectivity index (χ2n) is 9.60. The van der Waals surface area contributed by atoms with Crippen LogP contribution in [0.5, 0.6) is 0 Å². The van der Waals surface area contributed by atoms with Crippen LogP contribution >= 0.6 is 23.4 Å². The van der Waals surface area contributed by atoms with E-state index >= 15 is 0 Å². The first kappa shape index (κ1) is 21.1. The fourth-order valence-electron chi connectivity index (χ4n) is 5.54. The summed E-state index contributed by atoms with van der Waals surface area (Å²) in [6.45, 7) is 2.04. The molecule has 0 amide bonds. The second kappa shape index (κ2) is 8.21.